The van der Waals surface area contributed by atoms with Crippen molar-refractivity contribution in [2.45, 2.75) is 37.9 Å². The van der Waals surface area contributed by atoms with E-state index in [-0.39, 0.29) is 6.42 Å². The van der Waals surface area contributed by atoms with Gasteiger partial charge in [0, 0.05) is 6.42 Å². The van der Waals surface area contributed by atoms with E-state index in [0.29, 0.717) is 11.1 Å². The first-order chi connectivity index (χ1) is 12.5. The van der Waals surface area contributed by atoms with E-state index in [4.69, 9.17) is 14.2 Å². The molecule has 1 fully saturated rings. The lowest BCUT2D eigenvalue weighted by Crippen LogP contribution is -2.49. The Morgan fingerprint density at radius 1 is 0.885 bits per heavy atom. The number of aliphatic hydroxyl groups excluding tert-OH is 1. The summed E-state index contributed by atoms with van der Waals surface area (Å²) in [4.78, 5) is 24.4. The Balaban J connectivity index is 1.65. The molecule has 136 valence electrons. The molecule has 6 nitrogen and oxygen atoms in total. The van der Waals surface area contributed by atoms with Crippen LogP contribution in [0.25, 0.3) is 0 Å². The first-order valence-corrected chi connectivity index (χ1v) is 8.40. The third-order valence-corrected chi connectivity index (χ3v) is 4.20. The van der Waals surface area contributed by atoms with Crippen LogP contribution in [0, 0.1) is 0 Å². The van der Waals surface area contributed by atoms with Gasteiger partial charge in [0.2, 0.25) is 0 Å². The second kappa shape index (κ2) is 8.12. The second-order valence-corrected chi connectivity index (χ2v) is 6.09. The number of rotatable bonds is 4. The Morgan fingerprint density at radius 3 is 1.85 bits per heavy atom. The molecule has 1 aliphatic rings. The van der Waals surface area contributed by atoms with E-state index >= 15 is 0 Å². The van der Waals surface area contributed by atoms with Gasteiger partial charge < -0.3 is 19.3 Å². The van der Waals surface area contributed by atoms with Crippen LogP contribution in [0.1, 0.15) is 34.1 Å². The van der Waals surface area contributed by atoms with E-state index in [1.165, 1.54) is 0 Å². The molecule has 1 heterocycles. The fourth-order valence-corrected chi connectivity index (χ4v) is 2.74. The van der Waals surface area contributed by atoms with Crippen LogP contribution in [0.5, 0.6) is 0 Å². The zero-order valence-electron chi connectivity index (χ0n) is 14.3. The molecule has 3 rings (SSSR count). The monoisotopic (exact) mass is 356 g/mol. The minimum absolute atomic E-state index is 0.152. The summed E-state index contributed by atoms with van der Waals surface area (Å²) in [5, 5.41) is 10.1. The van der Waals surface area contributed by atoms with Gasteiger partial charge in [-0.1, -0.05) is 36.4 Å². The number of esters is 2. The summed E-state index contributed by atoms with van der Waals surface area (Å²) in [5.74, 6) is -1.06. The van der Waals surface area contributed by atoms with E-state index < -0.39 is 36.5 Å². The van der Waals surface area contributed by atoms with E-state index in [2.05, 4.69) is 0 Å². The van der Waals surface area contributed by atoms with Crippen molar-refractivity contribution in [2.75, 3.05) is 0 Å². The van der Waals surface area contributed by atoms with Crippen LogP contribution in [-0.2, 0) is 14.2 Å². The summed E-state index contributed by atoms with van der Waals surface area (Å²) >= 11 is 0. The maximum Gasteiger partial charge on any atom is 0.338 e. The highest BCUT2D eigenvalue weighted by molar-refractivity contribution is 5.90. The summed E-state index contributed by atoms with van der Waals surface area (Å²) < 4.78 is 16.2. The lowest BCUT2D eigenvalue weighted by molar-refractivity contribution is -0.240. The van der Waals surface area contributed by atoms with Gasteiger partial charge in [-0.2, -0.15) is 0 Å². The predicted octanol–water partition coefficient (Wildman–Crippen LogP) is 2.56. The largest absolute Gasteiger partial charge is 0.456 e. The van der Waals surface area contributed by atoms with Gasteiger partial charge in [0.1, 0.15) is 6.10 Å². The van der Waals surface area contributed by atoms with E-state index in [1.807, 2.05) is 0 Å². The van der Waals surface area contributed by atoms with Crippen LogP contribution in [0.4, 0.5) is 0 Å². The van der Waals surface area contributed by atoms with Crippen molar-refractivity contribution in [2.24, 2.45) is 0 Å². The Hall–Kier alpha value is -2.70. The van der Waals surface area contributed by atoms with Crippen molar-refractivity contribution in [3.05, 3.63) is 71.8 Å². The lowest BCUT2D eigenvalue weighted by atomic mass is 10.0. The molecule has 4 atom stereocenters. The van der Waals surface area contributed by atoms with Crippen molar-refractivity contribution in [3.8, 4) is 0 Å². The normalized spacial score (nSPS) is 25.3. The number of aliphatic hydroxyl groups is 1. The van der Waals surface area contributed by atoms with Crippen LogP contribution < -0.4 is 0 Å². The molecule has 0 aliphatic carbocycles. The maximum atomic E-state index is 12.2. The number of carbonyl (C=O) groups is 2. The van der Waals surface area contributed by atoms with Crippen molar-refractivity contribution in [3.63, 3.8) is 0 Å². The van der Waals surface area contributed by atoms with Crippen LogP contribution in [0.3, 0.4) is 0 Å². The molecule has 2 aromatic rings. The first-order valence-electron chi connectivity index (χ1n) is 8.40. The van der Waals surface area contributed by atoms with Crippen molar-refractivity contribution >= 4 is 11.9 Å². The fourth-order valence-electron chi connectivity index (χ4n) is 2.74. The summed E-state index contributed by atoms with van der Waals surface area (Å²) in [6.45, 7) is 1.70. The molecule has 0 saturated carbocycles. The Labute approximate surface area is 151 Å². The molecule has 0 bridgehead atoms. The van der Waals surface area contributed by atoms with Crippen molar-refractivity contribution in [1.29, 1.82) is 0 Å². The molecule has 0 spiro atoms. The van der Waals surface area contributed by atoms with Gasteiger partial charge in [0.15, 0.2) is 12.4 Å². The molecule has 1 N–H and O–H groups in total. The van der Waals surface area contributed by atoms with Gasteiger partial charge in [-0.25, -0.2) is 9.59 Å². The zero-order chi connectivity index (χ0) is 18.5. The highest BCUT2D eigenvalue weighted by atomic mass is 16.7. The quantitative estimate of drug-likeness (QED) is 0.848. The number of hydrogen-bond acceptors (Lipinski definition) is 6. The first kappa shape index (κ1) is 18.1. The molecule has 6 heteroatoms. The molecule has 1 saturated heterocycles. The van der Waals surface area contributed by atoms with Crippen molar-refractivity contribution < 1.29 is 28.9 Å². The SMILES string of the molecule is C[C@@H]1OC(O)[C@H](OC(=O)c2ccccc2)C[C@H]1OC(=O)c1ccccc1. The van der Waals surface area contributed by atoms with Gasteiger partial charge in [-0.3, -0.25) is 0 Å². The number of carbonyl (C=O) groups excluding carboxylic acids is 2. The minimum Gasteiger partial charge on any atom is -0.456 e. The summed E-state index contributed by atoms with van der Waals surface area (Å²) in [7, 11) is 0. The van der Waals surface area contributed by atoms with Gasteiger partial charge >= 0.3 is 11.9 Å². The van der Waals surface area contributed by atoms with E-state index in [9.17, 15) is 14.7 Å². The Bertz CT molecular complexity index is 682. The maximum absolute atomic E-state index is 12.2. The number of ether oxygens (including phenoxy) is 3. The molecular weight excluding hydrogens is 336 g/mol. The van der Waals surface area contributed by atoms with E-state index in [0.717, 1.165) is 0 Å². The Morgan fingerprint density at radius 2 is 1.35 bits per heavy atom. The molecule has 0 amide bonds. The lowest BCUT2D eigenvalue weighted by Gasteiger charge is -2.36. The number of hydrogen-bond donors (Lipinski definition) is 1. The zero-order valence-corrected chi connectivity index (χ0v) is 14.3. The van der Waals surface area contributed by atoms with Crippen LogP contribution in [-0.4, -0.2) is 41.6 Å². The molecule has 2 aromatic carbocycles. The van der Waals surface area contributed by atoms with Crippen LogP contribution in [0.15, 0.2) is 60.7 Å². The third-order valence-electron chi connectivity index (χ3n) is 4.20. The average molecular weight is 356 g/mol. The van der Waals surface area contributed by atoms with Crippen LogP contribution in [0.2, 0.25) is 0 Å². The van der Waals surface area contributed by atoms with Crippen LogP contribution >= 0.6 is 0 Å². The van der Waals surface area contributed by atoms with Crippen molar-refractivity contribution in [1.82, 2.24) is 0 Å². The average Bonchev–Trinajstić information content (AvgIpc) is 2.66. The summed E-state index contributed by atoms with van der Waals surface area (Å²) in [6.07, 6.45) is -3.21. The highest BCUT2D eigenvalue weighted by Crippen LogP contribution is 2.25. The topological polar surface area (TPSA) is 82.1 Å². The Kier molecular flexibility index (Phi) is 5.65. The minimum atomic E-state index is -1.27. The van der Waals surface area contributed by atoms with Gasteiger partial charge in [-0.15, -0.1) is 0 Å². The molecule has 1 aliphatic heterocycles. The smallest absolute Gasteiger partial charge is 0.338 e. The highest BCUT2D eigenvalue weighted by Gasteiger charge is 2.39. The van der Waals surface area contributed by atoms with Gasteiger partial charge in [-0.05, 0) is 31.2 Å². The van der Waals surface area contributed by atoms with E-state index in [1.54, 1.807) is 67.6 Å². The third kappa shape index (κ3) is 4.28. The van der Waals surface area contributed by atoms with Gasteiger partial charge in [0.05, 0.1) is 17.2 Å². The summed E-state index contributed by atoms with van der Waals surface area (Å²) in [6, 6.07) is 17.1. The molecule has 0 radical (unpaired) electrons. The molecule has 1 unspecified atom stereocenters. The number of benzene rings is 2. The fraction of sp³-hybridized carbons (Fsp3) is 0.300. The standard InChI is InChI=1S/C20H20O6/c1-13-16(25-18(21)14-8-4-2-5-9-14)12-17(20(23)24-13)26-19(22)15-10-6-3-7-11-15/h2-11,13,16-17,20,23H,12H2,1H3/t13-,16+,17+,20?/m0/s1. The predicted molar refractivity (Wildman–Crippen MR) is 92.5 cm³/mol. The van der Waals surface area contributed by atoms with Gasteiger partial charge in [0.25, 0.3) is 0 Å². The molecule has 0 aromatic heterocycles. The summed E-state index contributed by atoms with van der Waals surface area (Å²) in [5.41, 5.74) is 0.791. The second-order valence-electron chi connectivity index (χ2n) is 6.09. The molecular formula is C20H20O6. The molecule has 26 heavy (non-hydrogen) atoms.